The maximum Gasteiger partial charge on any atom is 0.247 e. The Balaban J connectivity index is 1.72. The van der Waals surface area contributed by atoms with Gasteiger partial charge in [0.25, 0.3) is 0 Å². The molecule has 8 heteroatoms. The number of nitrogens with one attached hydrogen (secondary N) is 1. The first kappa shape index (κ1) is 15.5. The SMILES string of the molecule is CCN1CCN(c2nncc(Nc3ccc(F)cc3F)n2)CC1. The number of anilines is 3. The van der Waals surface area contributed by atoms with E-state index in [4.69, 9.17) is 0 Å². The zero-order chi connectivity index (χ0) is 16.2. The highest BCUT2D eigenvalue weighted by atomic mass is 19.1. The summed E-state index contributed by atoms with van der Waals surface area (Å²) in [5, 5.41) is 10.8. The van der Waals surface area contributed by atoms with Gasteiger partial charge in [0.05, 0.1) is 11.9 Å². The molecule has 0 unspecified atom stereocenters. The smallest absolute Gasteiger partial charge is 0.247 e. The third-order valence-electron chi connectivity index (χ3n) is 3.84. The van der Waals surface area contributed by atoms with Crippen LogP contribution in [0.15, 0.2) is 24.4 Å². The molecule has 0 aliphatic carbocycles. The zero-order valence-electron chi connectivity index (χ0n) is 12.8. The molecule has 1 fully saturated rings. The molecule has 1 aliphatic heterocycles. The van der Waals surface area contributed by atoms with Gasteiger partial charge in [0.1, 0.15) is 11.6 Å². The van der Waals surface area contributed by atoms with Crippen LogP contribution in [-0.2, 0) is 0 Å². The van der Waals surface area contributed by atoms with Crippen molar-refractivity contribution >= 4 is 17.5 Å². The molecule has 1 aromatic heterocycles. The maximum atomic E-state index is 13.7. The van der Waals surface area contributed by atoms with Crippen LogP contribution in [0.4, 0.5) is 26.2 Å². The number of piperazine rings is 1. The van der Waals surface area contributed by atoms with Gasteiger partial charge in [-0.3, -0.25) is 0 Å². The third-order valence-corrected chi connectivity index (χ3v) is 3.84. The summed E-state index contributed by atoms with van der Waals surface area (Å²) in [6.45, 7) is 6.70. The number of rotatable bonds is 4. The van der Waals surface area contributed by atoms with Gasteiger partial charge in [0, 0.05) is 32.2 Å². The molecule has 2 aromatic rings. The van der Waals surface area contributed by atoms with Crippen molar-refractivity contribution in [2.45, 2.75) is 6.92 Å². The van der Waals surface area contributed by atoms with Crippen molar-refractivity contribution in [3.8, 4) is 0 Å². The van der Waals surface area contributed by atoms with E-state index in [1.165, 1.54) is 18.3 Å². The second-order valence-electron chi connectivity index (χ2n) is 5.31. The highest BCUT2D eigenvalue weighted by molar-refractivity contribution is 5.56. The molecule has 0 amide bonds. The minimum Gasteiger partial charge on any atom is -0.337 e. The fourth-order valence-electron chi connectivity index (χ4n) is 2.48. The number of benzene rings is 1. The molecular weight excluding hydrogens is 302 g/mol. The lowest BCUT2D eigenvalue weighted by molar-refractivity contribution is 0.269. The predicted molar refractivity (Wildman–Crippen MR) is 83.8 cm³/mol. The summed E-state index contributed by atoms with van der Waals surface area (Å²) >= 11 is 0. The summed E-state index contributed by atoms with van der Waals surface area (Å²) in [5.41, 5.74) is 0.147. The largest absolute Gasteiger partial charge is 0.337 e. The summed E-state index contributed by atoms with van der Waals surface area (Å²) in [4.78, 5) is 8.76. The molecule has 1 aliphatic rings. The van der Waals surface area contributed by atoms with Crippen molar-refractivity contribution in [3.63, 3.8) is 0 Å². The van der Waals surface area contributed by atoms with E-state index in [-0.39, 0.29) is 5.69 Å². The van der Waals surface area contributed by atoms with Gasteiger partial charge in [-0.05, 0) is 18.7 Å². The molecular formula is C15H18F2N6. The molecule has 0 radical (unpaired) electrons. The number of hydrogen-bond acceptors (Lipinski definition) is 6. The normalized spacial score (nSPS) is 15.7. The van der Waals surface area contributed by atoms with E-state index in [0.29, 0.717) is 11.8 Å². The maximum absolute atomic E-state index is 13.7. The Morgan fingerprint density at radius 3 is 2.65 bits per heavy atom. The van der Waals surface area contributed by atoms with Crippen LogP contribution in [0.1, 0.15) is 6.92 Å². The molecule has 2 heterocycles. The van der Waals surface area contributed by atoms with Gasteiger partial charge < -0.3 is 15.1 Å². The molecule has 0 atom stereocenters. The monoisotopic (exact) mass is 320 g/mol. The fraction of sp³-hybridized carbons (Fsp3) is 0.400. The minimum atomic E-state index is -0.679. The van der Waals surface area contributed by atoms with Crippen molar-refractivity contribution in [3.05, 3.63) is 36.0 Å². The Kier molecular flexibility index (Phi) is 4.61. The van der Waals surface area contributed by atoms with E-state index in [2.05, 4.69) is 32.3 Å². The van der Waals surface area contributed by atoms with Crippen LogP contribution < -0.4 is 10.2 Å². The van der Waals surface area contributed by atoms with Gasteiger partial charge in [0.2, 0.25) is 5.95 Å². The van der Waals surface area contributed by atoms with Crippen molar-refractivity contribution in [2.24, 2.45) is 0 Å². The van der Waals surface area contributed by atoms with Crippen molar-refractivity contribution in [1.29, 1.82) is 0 Å². The molecule has 0 spiro atoms. The Labute approximate surface area is 133 Å². The topological polar surface area (TPSA) is 57.2 Å². The number of nitrogens with zero attached hydrogens (tertiary/aromatic N) is 5. The van der Waals surface area contributed by atoms with E-state index < -0.39 is 11.6 Å². The first-order valence-corrected chi connectivity index (χ1v) is 7.55. The minimum absolute atomic E-state index is 0.147. The quantitative estimate of drug-likeness (QED) is 0.930. The van der Waals surface area contributed by atoms with Crippen molar-refractivity contribution < 1.29 is 8.78 Å². The fourth-order valence-corrected chi connectivity index (χ4v) is 2.48. The standard InChI is InChI=1S/C15H18F2N6/c1-2-22-5-7-23(8-6-22)15-20-14(10-18-21-15)19-13-4-3-11(16)9-12(13)17/h3-4,9-10H,2,5-8H2,1H3,(H,19,20,21). The summed E-state index contributed by atoms with van der Waals surface area (Å²) in [7, 11) is 0. The average Bonchev–Trinajstić information content (AvgIpc) is 2.58. The van der Waals surface area contributed by atoms with Gasteiger partial charge in [-0.1, -0.05) is 6.92 Å². The van der Waals surface area contributed by atoms with Gasteiger partial charge in [-0.15, -0.1) is 5.10 Å². The molecule has 0 saturated carbocycles. The Hall–Kier alpha value is -2.35. The van der Waals surface area contributed by atoms with E-state index in [1.54, 1.807) is 0 Å². The van der Waals surface area contributed by atoms with Crippen LogP contribution in [0.3, 0.4) is 0 Å². The molecule has 6 nitrogen and oxygen atoms in total. The van der Waals surface area contributed by atoms with Crippen molar-refractivity contribution in [1.82, 2.24) is 20.1 Å². The lowest BCUT2D eigenvalue weighted by Gasteiger charge is -2.33. The number of hydrogen-bond donors (Lipinski definition) is 1. The van der Waals surface area contributed by atoms with Crippen LogP contribution in [0.5, 0.6) is 0 Å². The van der Waals surface area contributed by atoms with Gasteiger partial charge >= 0.3 is 0 Å². The van der Waals surface area contributed by atoms with Crippen LogP contribution >= 0.6 is 0 Å². The Morgan fingerprint density at radius 2 is 1.96 bits per heavy atom. The molecule has 122 valence electrons. The molecule has 1 aromatic carbocycles. The molecule has 1 N–H and O–H groups in total. The highest BCUT2D eigenvalue weighted by Gasteiger charge is 2.18. The van der Waals surface area contributed by atoms with E-state index >= 15 is 0 Å². The predicted octanol–water partition coefficient (Wildman–Crippen LogP) is 2.04. The molecule has 3 rings (SSSR count). The molecule has 0 bridgehead atoms. The molecule has 1 saturated heterocycles. The summed E-state index contributed by atoms with van der Waals surface area (Å²) in [6, 6.07) is 3.33. The average molecular weight is 320 g/mol. The summed E-state index contributed by atoms with van der Waals surface area (Å²) in [6.07, 6.45) is 1.41. The lowest BCUT2D eigenvalue weighted by Crippen LogP contribution is -2.46. The number of aromatic nitrogens is 3. The summed E-state index contributed by atoms with van der Waals surface area (Å²) in [5.74, 6) is -0.420. The Bertz CT molecular complexity index is 673. The first-order valence-electron chi connectivity index (χ1n) is 7.55. The van der Waals surface area contributed by atoms with Crippen LogP contribution in [0.25, 0.3) is 0 Å². The van der Waals surface area contributed by atoms with E-state index in [1.807, 2.05) is 4.90 Å². The summed E-state index contributed by atoms with van der Waals surface area (Å²) < 4.78 is 26.6. The Morgan fingerprint density at radius 1 is 1.17 bits per heavy atom. The van der Waals surface area contributed by atoms with E-state index in [0.717, 1.165) is 38.8 Å². The first-order chi connectivity index (χ1) is 11.2. The van der Waals surface area contributed by atoms with Crippen molar-refractivity contribution in [2.75, 3.05) is 42.9 Å². The highest BCUT2D eigenvalue weighted by Crippen LogP contribution is 2.20. The number of halogens is 2. The van der Waals surface area contributed by atoms with Gasteiger partial charge in [-0.25, -0.2) is 8.78 Å². The van der Waals surface area contributed by atoms with Crippen LogP contribution in [0, 0.1) is 11.6 Å². The zero-order valence-corrected chi connectivity index (χ0v) is 12.8. The van der Waals surface area contributed by atoms with Crippen LogP contribution in [0.2, 0.25) is 0 Å². The second-order valence-corrected chi connectivity index (χ2v) is 5.31. The molecule has 23 heavy (non-hydrogen) atoms. The number of likely N-dealkylation sites (N-methyl/N-ethyl adjacent to an activating group) is 1. The van der Waals surface area contributed by atoms with Gasteiger partial charge in [-0.2, -0.15) is 10.1 Å². The second kappa shape index (κ2) is 6.82. The lowest BCUT2D eigenvalue weighted by atomic mass is 10.3. The third kappa shape index (κ3) is 3.70. The van der Waals surface area contributed by atoms with Gasteiger partial charge in [0.15, 0.2) is 5.82 Å². The van der Waals surface area contributed by atoms with E-state index in [9.17, 15) is 8.78 Å². The van der Waals surface area contributed by atoms with Crippen LogP contribution in [-0.4, -0.2) is 52.8 Å².